The largest absolute Gasteiger partial charge is 0.328 e. The van der Waals surface area contributed by atoms with Crippen LogP contribution in [0.5, 0.6) is 0 Å². The number of nitrogens with two attached hydrogens (primary N) is 1. The normalized spacial score (nSPS) is 19.8. The summed E-state index contributed by atoms with van der Waals surface area (Å²) in [7, 11) is 0. The Morgan fingerprint density at radius 3 is 2.71 bits per heavy atom. The summed E-state index contributed by atoms with van der Waals surface area (Å²) in [6.07, 6.45) is 5.75. The monoisotopic (exact) mass is 193 g/mol. The number of likely N-dealkylation sites (tertiary alicyclic amines) is 1. The lowest BCUT2D eigenvalue weighted by atomic mass is 10.2. The van der Waals surface area contributed by atoms with Gasteiger partial charge in [-0.2, -0.15) is 5.10 Å². The van der Waals surface area contributed by atoms with E-state index in [0.717, 1.165) is 18.9 Å². The predicted molar refractivity (Wildman–Crippen MR) is 52.4 cm³/mol. The molecule has 0 aliphatic carbocycles. The molecule has 76 valence electrons. The second-order valence-electron chi connectivity index (χ2n) is 3.50. The lowest BCUT2D eigenvalue weighted by Gasteiger charge is -2.23. The van der Waals surface area contributed by atoms with E-state index in [-0.39, 0.29) is 6.04 Å². The highest BCUT2D eigenvalue weighted by Gasteiger charge is 2.24. The zero-order valence-electron chi connectivity index (χ0n) is 8.13. The number of aromatic nitrogens is 3. The van der Waals surface area contributed by atoms with E-state index < -0.39 is 0 Å². The Hall–Kier alpha value is -1.07. The van der Waals surface area contributed by atoms with Crippen LogP contribution in [-0.4, -0.2) is 39.7 Å². The smallest absolute Gasteiger partial charge is 0.169 e. The number of hydrogen-bond acceptors (Lipinski definition) is 5. The molecule has 5 nitrogen and oxygen atoms in total. The quantitative estimate of drug-likeness (QED) is 0.730. The maximum atomic E-state index is 5.74. The van der Waals surface area contributed by atoms with Gasteiger partial charge in [0.2, 0.25) is 0 Å². The molecule has 0 amide bonds. The SMILES string of the molecule is NCC(c1nccnn1)N1CCCC1. The van der Waals surface area contributed by atoms with Crippen molar-refractivity contribution in [3.63, 3.8) is 0 Å². The van der Waals surface area contributed by atoms with Gasteiger partial charge in [0.15, 0.2) is 5.82 Å². The molecule has 5 heteroatoms. The third kappa shape index (κ3) is 1.88. The van der Waals surface area contributed by atoms with Crippen LogP contribution in [0.15, 0.2) is 12.4 Å². The van der Waals surface area contributed by atoms with Crippen LogP contribution in [0.3, 0.4) is 0 Å². The third-order valence-electron chi connectivity index (χ3n) is 2.60. The van der Waals surface area contributed by atoms with E-state index in [4.69, 9.17) is 5.73 Å². The molecule has 1 saturated heterocycles. The fraction of sp³-hybridized carbons (Fsp3) is 0.667. The van der Waals surface area contributed by atoms with Crippen LogP contribution in [0.25, 0.3) is 0 Å². The molecule has 1 aromatic rings. The van der Waals surface area contributed by atoms with Gasteiger partial charge in [-0.3, -0.25) is 4.90 Å². The topological polar surface area (TPSA) is 67.9 Å². The van der Waals surface area contributed by atoms with E-state index in [1.807, 2.05) is 0 Å². The van der Waals surface area contributed by atoms with Crippen molar-refractivity contribution in [2.75, 3.05) is 19.6 Å². The van der Waals surface area contributed by atoms with Gasteiger partial charge in [0.25, 0.3) is 0 Å². The highest BCUT2D eigenvalue weighted by Crippen LogP contribution is 2.20. The summed E-state index contributed by atoms with van der Waals surface area (Å²) in [5.41, 5.74) is 5.74. The van der Waals surface area contributed by atoms with E-state index in [2.05, 4.69) is 20.1 Å². The Morgan fingerprint density at radius 1 is 1.36 bits per heavy atom. The molecule has 1 fully saturated rings. The summed E-state index contributed by atoms with van der Waals surface area (Å²) < 4.78 is 0. The zero-order chi connectivity index (χ0) is 9.80. The molecule has 0 radical (unpaired) electrons. The van der Waals surface area contributed by atoms with Gasteiger partial charge >= 0.3 is 0 Å². The molecular formula is C9H15N5. The maximum absolute atomic E-state index is 5.74. The van der Waals surface area contributed by atoms with E-state index in [0.29, 0.717) is 6.54 Å². The summed E-state index contributed by atoms with van der Waals surface area (Å²) in [5, 5.41) is 7.84. The lowest BCUT2D eigenvalue weighted by molar-refractivity contribution is 0.240. The molecular weight excluding hydrogens is 178 g/mol. The van der Waals surface area contributed by atoms with Crippen molar-refractivity contribution in [1.29, 1.82) is 0 Å². The molecule has 2 heterocycles. The first-order chi connectivity index (χ1) is 6.92. The molecule has 0 spiro atoms. The first-order valence-corrected chi connectivity index (χ1v) is 4.99. The van der Waals surface area contributed by atoms with Crippen LogP contribution >= 0.6 is 0 Å². The second kappa shape index (κ2) is 4.43. The Labute approximate surface area is 83.3 Å². The van der Waals surface area contributed by atoms with Crippen LogP contribution in [0.2, 0.25) is 0 Å². The van der Waals surface area contributed by atoms with Crippen molar-refractivity contribution < 1.29 is 0 Å². The van der Waals surface area contributed by atoms with E-state index >= 15 is 0 Å². The lowest BCUT2D eigenvalue weighted by Crippen LogP contribution is -2.32. The minimum atomic E-state index is 0.145. The zero-order valence-corrected chi connectivity index (χ0v) is 8.13. The average molecular weight is 193 g/mol. The van der Waals surface area contributed by atoms with Gasteiger partial charge in [0.1, 0.15) is 0 Å². The van der Waals surface area contributed by atoms with Gasteiger partial charge < -0.3 is 5.73 Å². The summed E-state index contributed by atoms with van der Waals surface area (Å²) in [6, 6.07) is 0.145. The molecule has 1 aromatic heterocycles. The Balaban J connectivity index is 2.12. The van der Waals surface area contributed by atoms with E-state index in [9.17, 15) is 0 Å². The molecule has 0 bridgehead atoms. The van der Waals surface area contributed by atoms with Crippen molar-refractivity contribution in [1.82, 2.24) is 20.1 Å². The van der Waals surface area contributed by atoms with Gasteiger partial charge in [0.05, 0.1) is 12.2 Å². The van der Waals surface area contributed by atoms with Crippen molar-refractivity contribution in [2.24, 2.45) is 5.73 Å². The van der Waals surface area contributed by atoms with Crippen molar-refractivity contribution in [2.45, 2.75) is 18.9 Å². The Morgan fingerprint density at radius 2 is 2.14 bits per heavy atom. The average Bonchev–Trinajstić information content (AvgIpc) is 2.74. The van der Waals surface area contributed by atoms with Crippen LogP contribution in [0.1, 0.15) is 24.7 Å². The highest BCUT2D eigenvalue weighted by molar-refractivity contribution is 4.95. The number of nitrogens with zero attached hydrogens (tertiary/aromatic N) is 4. The van der Waals surface area contributed by atoms with Crippen LogP contribution in [0.4, 0.5) is 0 Å². The fourth-order valence-corrected chi connectivity index (χ4v) is 1.88. The van der Waals surface area contributed by atoms with Crippen molar-refractivity contribution in [3.05, 3.63) is 18.2 Å². The van der Waals surface area contributed by atoms with E-state index in [1.54, 1.807) is 12.4 Å². The van der Waals surface area contributed by atoms with Gasteiger partial charge in [-0.25, -0.2) is 4.98 Å². The van der Waals surface area contributed by atoms with Crippen LogP contribution in [-0.2, 0) is 0 Å². The Kier molecular flexibility index (Phi) is 3.00. The minimum Gasteiger partial charge on any atom is -0.328 e. The molecule has 1 aliphatic heterocycles. The first-order valence-electron chi connectivity index (χ1n) is 4.99. The van der Waals surface area contributed by atoms with Gasteiger partial charge in [-0.15, -0.1) is 5.10 Å². The van der Waals surface area contributed by atoms with Gasteiger partial charge in [-0.05, 0) is 25.9 Å². The molecule has 1 unspecified atom stereocenters. The van der Waals surface area contributed by atoms with Crippen LogP contribution in [0, 0.1) is 0 Å². The van der Waals surface area contributed by atoms with Crippen molar-refractivity contribution >= 4 is 0 Å². The first kappa shape index (κ1) is 9.48. The number of rotatable bonds is 3. The van der Waals surface area contributed by atoms with Gasteiger partial charge in [-0.1, -0.05) is 0 Å². The molecule has 2 N–H and O–H groups in total. The fourth-order valence-electron chi connectivity index (χ4n) is 1.88. The van der Waals surface area contributed by atoms with E-state index in [1.165, 1.54) is 12.8 Å². The standard InChI is InChI=1S/C9H15N5/c10-7-8(14-5-1-2-6-14)9-11-3-4-12-13-9/h3-4,8H,1-2,5-7,10H2. The molecule has 0 aromatic carbocycles. The maximum Gasteiger partial charge on any atom is 0.169 e. The highest BCUT2D eigenvalue weighted by atomic mass is 15.2. The minimum absolute atomic E-state index is 0.145. The van der Waals surface area contributed by atoms with Crippen molar-refractivity contribution in [3.8, 4) is 0 Å². The van der Waals surface area contributed by atoms with Gasteiger partial charge in [0, 0.05) is 12.7 Å². The second-order valence-corrected chi connectivity index (χ2v) is 3.50. The summed E-state index contributed by atoms with van der Waals surface area (Å²) in [4.78, 5) is 6.53. The Bertz CT molecular complexity index is 270. The summed E-state index contributed by atoms with van der Waals surface area (Å²) in [5.74, 6) is 0.747. The predicted octanol–water partition coefficient (Wildman–Crippen LogP) is -0.0328. The molecule has 1 aliphatic rings. The molecule has 0 saturated carbocycles. The molecule has 2 rings (SSSR count). The van der Waals surface area contributed by atoms with Crippen LogP contribution < -0.4 is 5.73 Å². The summed E-state index contributed by atoms with van der Waals surface area (Å²) in [6.45, 7) is 2.76. The summed E-state index contributed by atoms with van der Waals surface area (Å²) >= 11 is 0. The number of hydrogen-bond donors (Lipinski definition) is 1. The molecule has 14 heavy (non-hydrogen) atoms. The molecule has 1 atom stereocenters. The third-order valence-corrected chi connectivity index (χ3v) is 2.60.